The Bertz CT molecular complexity index is 1890. The van der Waals surface area contributed by atoms with Crippen LogP contribution in [0.1, 0.15) is 35.5 Å². The fraction of sp³-hybridized carbons (Fsp3) is 0.214. The first-order chi connectivity index (χ1) is 19.6. The molecule has 5 aromatic rings. The SMILES string of the molecule is CNC(=O)c1nn(C)c2c1C(C)(C)Cc1cnc(Nc3ccc(S(=O)(=O)n4cc(-c5ccccc5)nn4)cc3)nc1-2. The van der Waals surface area contributed by atoms with Crippen LogP contribution in [0.4, 0.5) is 11.6 Å². The van der Waals surface area contributed by atoms with Gasteiger partial charge in [0.1, 0.15) is 5.69 Å². The van der Waals surface area contributed by atoms with E-state index in [1.165, 1.54) is 18.3 Å². The number of aryl methyl sites for hydroxylation is 1. The summed E-state index contributed by atoms with van der Waals surface area (Å²) in [6, 6.07) is 15.5. The molecule has 3 heterocycles. The fourth-order valence-electron chi connectivity index (χ4n) is 5.13. The molecular weight excluding hydrogens is 542 g/mol. The zero-order valence-corrected chi connectivity index (χ0v) is 23.6. The molecule has 13 heteroatoms. The monoisotopic (exact) mass is 569 g/mol. The molecule has 41 heavy (non-hydrogen) atoms. The van der Waals surface area contributed by atoms with Gasteiger partial charge in [0, 0.05) is 37.1 Å². The van der Waals surface area contributed by atoms with Crippen LogP contribution >= 0.6 is 0 Å². The van der Waals surface area contributed by atoms with Crippen LogP contribution in [0.25, 0.3) is 22.6 Å². The number of amides is 1. The molecule has 0 aliphatic heterocycles. The quantitative estimate of drug-likeness (QED) is 0.314. The van der Waals surface area contributed by atoms with Crippen LogP contribution in [0, 0.1) is 0 Å². The Morgan fingerprint density at radius 1 is 1.05 bits per heavy atom. The van der Waals surface area contributed by atoms with E-state index in [0.29, 0.717) is 35.1 Å². The van der Waals surface area contributed by atoms with E-state index in [1.54, 1.807) is 37.1 Å². The highest BCUT2D eigenvalue weighted by atomic mass is 32.2. The Balaban J connectivity index is 1.27. The Hall–Kier alpha value is -4.91. The number of nitrogens with one attached hydrogen (secondary N) is 2. The molecule has 0 saturated heterocycles. The second-order valence-corrected chi connectivity index (χ2v) is 12.2. The topological polar surface area (TPSA) is 150 Å². The van der Waals surface area contributed by atoms with Crippen molar-refractivity contribution in [1.82, 2.24) is 39.5 Å². The largest absolute Gasteiger partial charge is 0.354 e. The van der Waals surface area contributed by atoms with Gasteiger partial charge in [-0.25, -0.2) is 9.97 Å². The summed E-state index contributed by atoms with van der Waals surface area (Å²) in [6.07, 6.45) is 3.81. The lowest BCUT2D eigenvalue weighted by molar-refractivity contribution is 0.0955. The maximum absolute atomic E-state index is 13.2. The predicted molar refractivity (Wildman–Crippen MR) is 152 cm³/mol. The van der Waals surface area contributed by atoms with Gasteiger partial charge in [0.2, 0.25) is 5.95 Å². The molecule has 1 amide bonds. The van der Waals surface area contributed by atoms with Crippen molar-refractivity contribution in [3.63, 3.8) is 0 Å². The smallest absolute Gasteiger partial charge is 0.284 e. The molecule has 1 aliphatic rings. The lowest BCUT2D eigenvalue weighted by Crippen LogP contribution is -2.30. The summed E-state index contributed by atoms with van der Waals surface area (Å²) >= 11 is 0. The molecule has 0 saturated carbocycles. The molecule has 12 nitrogen and oxygen atoms in total. The summed E-state index contributed by atoms with van der Waals surface area (Å²) in [5, 5.41) is 18.2. The third-order valence-electron chi connectivity index (χ3n) is 7.08. The first-order valence-corrected chi connectivity index (χ1v) is 14.3. The summed E-state index contributed by atoms with van der Waals surface area (Å²) in [5.41, 5.74) is 5.12. The van der Waals surface area contributed by atoms with Gasteiger partial charge >= 0.3 is 0 Å². The molecule has 0 bridgehead atoms. The Kier molecular flexibility index (Phi) is 6.18. The number of rotatable bonds is 6. The molecule has 0 atom stereocenters. The summed E-state index contributed by atoms with van der Waals surface area (Å²) in [6.45, 7) is 4.15. The van der Waals surface area contributed by atoms with E-state index in [9.17, 15) is 13.2 Å². The van der Waals surface area contributed by atoms with E-state index in [2.05, 4.69) is 44.9 Å². The summed E-state index contributed by atoms with van der Waals surface area (Å²) in [4.78, 5) is 21.9. The Labute approximate surface area is 236 Å². The molecular formula is C28H27N9O3S. The number of carbonyl (C=O) groups excluding carboxylic acids is 1. The number of carbonyl (C=O) groups is 1. The van der Waals surface area contributed by atoms with Crippen LogP contribution in [-0.4, -0.2) is 55.5 Å². The Morgan fingerprint density at radius 3 is 2.49 bits per heavy atom. The highest BCUT2D eigenvalue weighted by Gasteiger charge is 2.39. The van der Waals surface area contributed by atoms with Crippen molar-refractivity contribution in [1.29, 1.82) is 0 Å². The highest BCUT2D eigenvalue weighted by Crippen LogP contribution is 2.43. The van der Waals surface area contributed by atoms with Crippen molar-refractivity contribution in [2.24, 2.45) is 7.05 Å². The van der Waals surface area contributed by atoms with Crippen LogP contribution in [-0.2, 0) is 28.9 Å². The molecule has 6 rings (SSSR count). The molecule has 208 valence electrons. The molecule has 1 aliphatic carbocycles. The Morgan fingerprint density at radius 2 is 1.78 bits per heavy atom. The third-order valence-corrected chi connectivity index (χ3v) is 8.62. The van der Waals surface area contributed by atoms with E-state index in [-0.39, 0.29) is 16.2 Å². The van der Waals surface area contributed by atoms with Crippen LogP contribution in [0.5, 0.6) is 0 Å². The van der Waals surface area contributed by atoms with Crippen LogP contribution < -0.4 is 10.6 Å². The van der Waals surface area contributed by atoms with Crippen LogP contribution in [0.2, 0.25) is 0 Å². The number of benzene rings is 2. The van der Waals surface area contributed by atoms with Gasteiger partial charge in [-0.2, -0.15) is 13.5 Å². The number of anilines is 2. The standard InChI is InChI=1S/C28H27N9O3S/c1-28(2)14-18-15-30-27(32-23(18)25-22(28)24(26(38)29-3)34-36(25)4)31-19-10-12-20(13-11-19)41(39,40)37-16-21(33-35-37)17-8-6-5-7-9-17/h5-13,15-16H,14H2,1-4H3,(H,29,38)(H,30,31,32). The van der Waals surface area contributed by atoms with Gasteiger partial charge in [-0.05, 0) is 41.7 Å². The van der Waals surface area contributed by atoms with E-state index in [0.717, 1.165) is 26.5 Å². The van der Waals surface area contributed by atoms with Gasteiger partial charge in [-0.3, -0.25) is 9.48 Å². The molecule has 3 aromatic heterocycles. The molecule has 0 unspecified atom stereocenters. The van der Waals surface area contributed by atoms with Crippen molar-refractivity contribution in [2.45, 2.75) is 30.6 Å². The highest BCUT2D eigenvalue weighted by molar-refractivity contribution is 7.89. The van der Waals surface area contributed by atoms with E-state index >= 15 is 0 Å². The van der Waals surface area contributed by atoms with Crippen LogP contribution in [0.3, 0.4) is 0 Å². The number of hydrogen-bond donors (Lipinski definition) is 2. The zero-order chi connectivity index (χ0) is 28.9. The zero-order valence-electron chi connectivity index (χ0n) is 22.8. The summed E-state index contributed by atoms with van der Waals surface area (Å²) < 4.78 is 28.9. The predicted octanol–water partition coefficient (Wildman–Crippen LogP) is 3.31. The van der Waals surface area contributed by atoms with Crippen molar-refractivity contribution in [3.05, 3.63) is 83.8 Å². The summed E-state index contributed by atoms with van der Waals surface area (Å²) in [5.74, 6) is 0.0829. The minimum Gasteiger partial charge on any atom is -0.354 e. The minimum atomic E-state index is -3.94. The van der Waals surface area contributed by atoms with Crippen molar-refractivity contribution in [2.75, 3.05) is 12.4 Å². The first kappa shape index (κ1) is 26.3. The second-order valence-electron chi connectivity index (χ2n) is 10.4. The van der Waals surface area contributed by atoms with Crippen molar-refractivity contribution >= 4 is 27.6 Å². The fourth-order valence-corrected chi connectivity index (χ4v) is 6.20. The number of hydrogen-bond acceptors (Lipinski definition) is 9. The molecule has 0 spiro atoms. The maximum Gasteiger partial charge on any atom is 0.284 e. The average Bonchev–Trinajstić information content (AvgIpc) is 3.60. The van der Waals surface area contributed by atoms with Gasteiger partial charge in [0.25, 0.3) is 15.9 Å². The van der Waals surface area contributed by atoms with Gasteiger partial charge in [0.05, 0.1) is 22.5 Å². The summed E-state index contributed by atoms with van der Waals surface area (Å²) in [7, 11) is -0.563. The van der Waals surface area contributed by atoms with E-state index in [1.807, 2.05) is 30.3 Å². The molecule has 0 fully saturated rings. The lowest BCUT2D eigenvalue weighted by atomic mass is 9.73. The third kappa shape index (κ3) is 4.53. The first-order valence-electron chi connectivity index (χ1n) is 12.8. The minimum absolute atomic E-state index is 0.0578. The average molecular weight is 570 g/mol. The van der Waals surface area contributed by atoms with Gasteiger partial charge in [-0.1, -0.05) is 49.4 Å². The number of fused-ring (bicyclic) bond motifs is 3. The van der Waals surface area contributed by atoms with Gasteiger partial charge in [0.15, 0.2) is 5.69 Å². The number of nitrogens with zero attached hydrogens (tertiary/aromatic N) is 7. The lowest BCUT2D eigenvalue weighted by Gasteiger charge is -2.31. The molecule has 2 N–H and O–H groups in total. The van der Waals surface area contributed by atoms with E-state index < -0.39 is 10.0 Å². The molecule has 0 radical (unpaired) electrons. The normalized spacial score (nSPS) is 13.8. The van der Waals surface area contributed by atoms with Crippen molar-refractivity contribution in [3.8, 4) is 22.6 Å². The maximum atomic E-state index is 13.2. The van der Waals surface area contributed by atoms with Crippen LogP contribution in [0.15, 0.2) is 71.9 Å². The second kappa shape index (κ2) is 9.63. The number of aromatic nitrogens is 7. The van der Waals surface area contributed by atoms with Gasteiger partial charge in [-0.15, -0.1) is 9.19 Å². The van der Waals surface area contributed by atoms with Crippen molar-refractivity contribution < 1.29 is 13.2 Å². The van der Waals surface area contributed by atoms with Gasteiger partial charge < -0.3 is 10.6 Å². The molecule has 2 aromatic carbocycles. The van der Waals surface area contributed by atoms with E-state index in [4.69, 9.17) is 4.98 Å².